The molecule has 0 unspecified atom stereocenters. The van der Waals surface area contributed by atoms with Crippen LogP contribution in [0.1, 0.15) is 52.2 Å². The van der Waals surface area contributed by atoms with E-state index in [0.717, 1.165) is 25.8 Å². The fourth-order valence-electron chi connectivity index (χ4n) is 4.71. The number of nitrogens with zero attached hydrogens (tertiary/aromatic N) is 5. The minimum Gasteiger partial charge on any atom is -0.476 e. The molecule has 9 nitrogen and oxygen atoms in total. The number of aromatic nitrogens is 3. The molecule has 0 spiro atoms. The molecule has 0 saturated carbocycles. The van der Waals surface area contributed by atoms with Gasteiger partial charge < -0.3 is 19.5 Å². The molecule has 50 heavy (non-hydrogen) atoms. The highest BCUT2D eigenvalue weighted by Crippen LogP contribution is 2.39. The number of aliphatic hydroxyl groups excluding tert-OH is 1. The Labute approximate surface area is 294 Å². The highest BCUT2D eigenvalue weighted by molar-refractivity contribution is 7.97. The van der Waals surface area contributed by atoms with Crippen LogP contribution >= 0.6 is 11.9 Å². The van der Waals surface area contributed by atoms with Crippen molar-refractivity contribution in [2.75, 3.05) is 44.4 Å². The Kier molecular flexibility index (Phi) is 14.2. The highest BCUT2D eigenvalue weighted by Gasteiger charge is 2.48. The number of halogens is 5. The molecule has 15 heteroatoms. The molecule has 0 aliphatic heterocycles. The van der Waals surface area contributed by atoms with Crippen molar-refractivity contribution in [3.05, 3.63) is 78.0 Å². The number of pyridine rings is 1. The van der Waals surface area contributed by atoms with Crippen LogP contribution in [-0.4, -0.2) is 72.3 Å². The Morgan fingerprint density at radius 3 is 2.42 bits per heavy atom. The van der Waals surface area contributed by atoms with Crippen LogP contribution in [0.4, 0.5) is 27.8 Å². The smallest absolute Gasteiger partial charge is 0.397 e. The van der Waals surface area contributed by atoms with Crippen LogP contribution < -0.4 is 14.8 Å². The Morgan fingerprint density at radius 2 is 1.78 bits per heavy atom. The Balaban J connectivity index is 1.79. The second-order valence-electron chi connectivity index (χ2n) is 13.0. The third-order valence-electron chi connectivity index (χ3n) is 7.66. The van der Waals surface area contributed by atoms with Gasteiger partial charge in [0, 0.05) is 55.1 Å². The predicted octanol–water partition coefficient (Wildman–Crippen LogP) is 7.84. The molecule has 274 valence electrons. The summed E-state index contributed by atoms with van der Waals surface area (Å²) in [6.45, 7) is 10.5. The maximum Gasteiger partial charge on any atom is 0.397 e. The van der Waals surface area contributed by atoms with Crippen LogP contribution in [0, 0.1) is 10.8 Å². The van der Waals surface area contributed by atoms with Crippen molar-refractivity contribution in [3.8, 4) is 5.88 Å². The number of allylic oxidation sites excluding steroid dienone is 3. The molecule has 1 aromatic carbocycles. The molecule has 0 radical (unpaired) electrons. The molecule has 0 bridgehead atoms. The van der Waals surface area contributed by atoms with Crippen molar-refractivity contribution in [3.63, 3.8) is 0 Å². The van der Waals surface area contributed by atoms with Gasteiger partial charge in [0.15, 0.2) is 0 Å². The van der Waals surface area contributed by atoms with Gasteiger partial charge in [0.05, 0.1) is 16.8 Å². The summed E-state index contributed by atoms with van der Waals surface area (Å²) in [4.78, 5) is 10.6. The third kappa shape index (κ3) is 10.9. The van der Waals surface area contributed by atoms with Gasteiger partial charge in [-0.3, -0.25) is 10.1 Å². The van der Waals surface area contributed by atoms with E-state index in [-0.39, 0.29) is 41.6 Å². The lowest BCUT2D eigenvalue weighted by molar-refractivity contribution is -0.219. The van der Waals surface area contributed by atoms with Gasteiger partial charge in [-0.2, -0.15) is 22.0 Å². The highest BCUT2D eigenvalue weighted by atomic mass is 32.2. The van der Waals surface area contributed by atoms with E-state index in [9.17, 15) is 18.3 Å². The summed E-state index contributed by atoms with van der Waals surface area (Å²) in [6, 6.07) is 12.6. The number of aliphatic hydroxyl groups is 1. The number of aliphatic imine (C=N–C) groups is 1. The van der Waals surface area contributed by atoms with Crippen LogP contribution in [0.3, 0.4) is 0 Å². The quantitative estimate of drug-likeness (QED) is 0.0423. The van der Waals surface area contributed by atoms with Gasteiger partial charge in [-0.15, -0.1) is 5.10 Å². The van der Waals surface area contributed by atoms with E-state index in [0.29, 0.717) is 30.4 Å². The van der Waals surface area contributed by atoms with E-state index in [4.69, 9.17) is 14.6 Å². The number of benzene rings is 1. The molecular weight excluding hydrogens is 679 g/mol. The minimum atomic E-state index is -4.49. The zero-order chi connectivity index (χ0) is 37.2. The zero-order valence-electron chi connectivity index (χ0n) is 28.9. The third-order valence-corrected chi connectivity index (χ3v) is 8.13. The maximum atomic E-state index is 15.9. The minimum absolute atomic E-state index is 0.0204. The van der Waals surface area contributed by atoms with Crippen LogP contribution in [0.25, 0.3) is 11.4 Å². The summed E-state index contributed by atoms with van der Waals surface area (Å²) >= 11 is 1.01. The number of alkyl halides is 5. The van der Waals surface area contributed by atoms with E-state index in [1.807, 2.05) is 30.9 Å². The van der Waals surface area contributed by atoms with Crippen molar-refractivity contribution >= 4 is 35.9 Å². The topological polar surface area (TPSA) is 111 Å². The molecule has 3 rings (SSSR count). The molecule has 2 aromatic heterocycles. The van der Waals surface area contributed by atoms with Crippen LogP contribution in [-0.2, 0) is 10.7 Å². The number of nitrogens with two attached hydrogens (primary N) is 1. The Morgan fingerprint density at radius 1 is 1.06 bits per heavy atom. The largest absolute Gasteiger partial charge is 0.476 e. The van der Waals surface area contributed by atoms with Crippen LogP contribution in [0.5, 0.6) is 5.88 Å². The predicted molar refractivity (Wildman–Crippen MR) is 188 cm³/mol. The van der Waals surface area contributed by atoms with Crippen LogP contribution in [0.15, 0.2) is 76.9 Å². The maximum absolute atomic E-state index is 15.9. The summed E-state index contributed by atoms with van der Waals surface area (Å²) in [7, 11) is 0. The zero-order valence-corrected chi connectivity index (χ0v) is 29.7. The normalized spacial score (nSPS) is 13.4. The van der Waals surface area contributed by atoms with E-state index >= 15 is 8.78 Å². The monoisotopic (exact) mass is 724 g/mol. The average Bonchev–Trinajstić information content (AvgIpc) is 3.55. The SMILES string of the molecule is C=N/C(=C(\C=C/C)n1ccc(OCC(C)(C)C(F)(F)F)n1)c1ccccc1C(F)(F)COCCCN(CC(C)(C)CO)c1cccc(SN)n1. The Hall–Kier alpha value is -3.79. The van der Waals surface area contributed by atoms with Crippen molar-refractivity contribution in [1.29, 1.82) is 0 Å². The lowest BCUT2D eigenvalue weighted by Crippen LogP contribution is -2.38. The summed E-state index contributed by atoms with van der Waals surface area (Å²) in [5.41, 5.74) is -2.55. The molecule has 0 aliphatic carbocycles. The molecular formula is C35H45F5N6O3S. The summed E-state index contributed by atoms with van der Waals surface area (Å²) in [5, 5.41) is 20.4. The van der Waals surface area contributed by atoms with Gasteiger partial charge in [0.2, 0.25) is 5.88 Å². The molecule has 0 atom stereocenters. The first-order valence-corrected chi connectivity index (χ1v) is 16.7. The number of hydrogen-bond donors (Lipinski definition) is 2. The average molecular weight is 725 g/mol. The Bertz CT molecular complexity index is 1620. The van der Waals surface area contributed by atoms with Crippen molar-refractivity contribution in [1.82, 2.24) is 14.8 Å². The number of anilines is 1. The summed E-state index contributed by atoms with van der Waals surface area (Å²) in [6.07, 6.45) is 0.564. The molecule has 3 N–H and O–H groups in total. The fourth-order valence-corrected chi connectivity index (χ4v) is 5.01. The molecule has 0 aliphatic rings. The molecule has 3 aromatic rings. The standard InChI is InChI=1S/C35H45F5N6O3S/c1-7-12-27(46-19-17-29(44-46)49-23-33(4,5)35(38,39)40)31(42-6)25-13-8-9-14-26(25)34(36,37)24-48-20-11-18-45(21-32(2,3)22-47)28-15-10-16-30(43-28)50-41/h7-10,12-17,19,47H,6,11,18,20-24,41H2,1-5H3/b12-7-,31-27+. The van der Waals surface area contributed by atoms with Crippen LogP contribution in [0.2, 0.25) is 0 Å². The first kappa shape index (κ1) is 40.6. The van der Waals surface area contributed by atoms with Crippen molar-refractivity contribution < 1.29 is 36.5 Å². The van der Waals surface area contributed by atoms with Gasteiger partial charge in [-0.05, 0) is 64.1 Å². The summed E-state index contributed by atoms with van der Waals surface area (Å²) < 4.78 is 83.8. The number of ether oxygens (including phenoxy) is 2. The lowest BCUT2D eigenvalue weighted by Gasteiger charge is -2.32. The first-order chi connectivity index (χ1) is 23.5. The number of hydrogen-bond acceptors (Lipinski definition) is 9. The second kappa shape index (κ2) is 17.4. The van der Waals surface area contributed by atoms with Gasteiger partial charge in [-0.1, -0.05) is 50.3 Å². The summed E-state index contributed by atoms with van der Waals surface area (Å²) in [5.74, 6) is -2.88. The van der Waals surface area contributed by atoms with E-state index in [1.54, 1.807) is 31.2 Å². The lowest BCUT2D eigenvalue weighted by atomic mass is 9.94. The first-order valence-electron chi connectivity index (χ1n) is 15.8. The van der Waals surface area contributed by atoms with E-state index < -0.39 is 36.1 Å². The van der Waals surface area contributed by atoms with E-state index in [2.05, 4.69) is 21.8 Å². The number of rotatable bonds is 19. The van der Waals surface area contributed by atoms with Crippen molar-refractivity contribution in [2.45, 2.75) is 58.2 Å². The van der Waals surface area contributed by atoms with Crippen molar-refractivity contribution in [2.24, 2.45) is 21.0 Å². The molecule has 0 fully saturated rings. The van der Waals surface area contributed by atoms with Gasteiger partial charge >= 0.3 is 6.18 Å². The van der Waals surface area contributed by atoms with E-state index in [1.165, 1.54) is 35.1 Å². The molecule has 2 heterocycles. The second-order valence-corrected chi connectivity index (χ2v) is 13.7. The molecule has 0 amide bonds. The van der Waals surface area contributed by atoms with Gasteiger partial charge in [0.1, 0.15) is 24.1 Å². The fraction of sp³-hybridized carbons (Fsp3) is 0.457. The molecule has 0 saturated heterocycles. The van der Waals surface area contributed by atoms with Gasteiger partial charge in [-0.25, -0.2) is 9.67 Å². The van der Waals surface area contributed by atoms with Gasteiger partial charge in [0.25, 0.3) is 5.92 Å².